The molecular weight excluding hydrogens is 314 g/mol. The van der Waals surface area contributed by atoms with Gasteiger partial charge in [-0.25, -0.2) is 4.79 Å². The average Bonchev–Trinajstić information content (AvgIpc) is 3.10. The van der Waals surface area contributed by atoms with Crippen LogP contribution in [0.2, 0.25) is 0 Å². The van der Waals surface area contributed by atoms with Crippen LogP contribution in [0.5, 0.6) is 0 Å². The highest BCUT2D eigenvalue weighted by atomic mass is 16.2. The van der Waals surface area contributed by atoms with Gasteiger partial charge in [0.25, 0.3) is 0 Å². The zero-order valence-corrected chi connectivity index (χ0v) is 14.5. The van der Waals surface area contributed by atoms with E-state index in [2.05, 4.69) is 50.4 Å². The number of likely N-dealkylation sites (tertiary alicyclic amines) is 1. The van der Waals surface area contributed by atoms with Crippen molar-refractivity contribution in [3.05, 3.63) is 47.5 Å². The number of urea groups is 1. The molecule has 0 saturated carbocycles. The molecule has 0 radical (unpaired) electrons. The van der Waals surface area contributed by atoms with E-state index >= 15 is 0 Å². The van der Waals surface area contributed by atoms with E-state index in [-0.39, 0.29) is 6.03 Å². The number of carbonyl (C=O) groups is 1. The Hall–Kier alpha value is -2.37. The van der Waals surface area contributed by atoms with Crippen molar-refractivity contribution in [3.63, 3.8) is 0 Å². The standard InChI is InChI=1S/C19H25N5O/c25-19(20-14-18-22-21-17-8-4-5-11-24(17)18)23-12-9-16(10-13-23)15-6-2-1-3-7-15/h1-3,6-7,16H,4-5,8-14H2,(H,20,25). The lowest BCUT2D eigenvalue weighted by atomic mass is 9.90. The van der Waals surface area contributed by atoms with Crippen LogP contribution in [0.15, 0.2) is 30.3 Å². The summed E-state index contributed by atoms with van der Waals surface area (Å²) in [6, 6.07) is 10.6. The molecule has 1 N–H and O–H groups in total. The molecule has 2 aliphatic heterocycles. The Morgan fingerprint density at radius 1 is 1.08 bits per heavy atom. The second-order valence-corrected chi connectivity index (χ2v) is 6.97. The minimum atomic E-state index is 0.0136. The molecule has 1 saturated heterocycles. The number of piperidine rings is 1. The van der Waals surface area contributed by atoms with Gasteiger partial charge in [0.15, 0.2) is 5.82 Å². The van der Waals surface area contributed by atoms with Crippen LogP contribution in [0.4, 0.5) is 4.79 Å². The molecule has 6 heteroatoms. The first-order valence-electron chi connectivity index (χ1n) is 9.30. The molecule has 25 heavy (non-hydrogen) atoms. The zero-order chi connectivity index (χ0) is 17.1. The van der Waals surface area contributed by atoms with Crippen LogP contribution in [-0.2, 0) is 19.5 Å². The second-order valence-electron chi connectivity index (χ2n) is 6.97. The second kappa shape index (κ2) is 7.25. The van der Waals surface area contributed by atoms with Gasteiger partial charge >= 0.3 is 6.03 Å². The quantitative estimate of drug-likeness (QED) is 0.935. The third-order valence-electron chi connectivity index (χ3n) is 5.39. The summed E-state index contributed by atoms with van der Waals surface area (Å²) in [5, 5.41) is 11.5. The summed E-state index contributed by atoms with van der Waals surface area (Å²) in [5.41, 5.74) is 1.39. The number of amides is 2. The van der Waals surface area contributed by atoms with Crippen LogP contribution in [0.25, 0.3) is 0 Å². The highest BCUT2D eigenvalue weighted by Crippen LogP contribution is 2.27. The third-order valence-corrected chi connectivity index (χ3v) is 5.39. The molecule has 0 aliphatic carbocycles. The molecule has 2 aromatic rings. The van der Waals surface area contributed by atoms with E-state index in [9.17, 15) is 4.79 Å². The van der Waals surface area contributed by atoms with Crippen LogP contribution >= 0.6 is 0 Å². The first-order valence-corrected chi connectivity index (χ1v) is 9.30. The van der Waals surface area contributed by atoms with Crippen LogP contribution in [0, 0.1) is 0 Å². The Morgan fingerprint density at radius 2 is 1.88 bits per heavy atom. The van der Waals surface area contributed by atoms with Gasteiger partial charge in [-0.3, -0.25) is 0 Å². The largest absolute Gasteiger partial charge is 0.331 e. The van der Waals surface area contributed by atoms with E-state index < -0.39 is 0 Å². The lowest BCUT2D eigenvalue weighted by Crippen LogP contribution is -2.44. The molecule has 0 bridgehead atoms. The number of aryl methyl sites for hydroxylation is 1. The van der Waals surface area contributed by atoms with Crippen LogP contribution in [-0.4, -0.2) is 38.8 Å². The van der Waals surface area contributed by atoms with Gasteiger partial charge in [-0.15, -0.1) is 10.2 Å². The molecule has 0 unspecified atom stereocenters. The van der Waals surface area contributed by atoms with Crippen molar-refractivity contribution in [1.82, 2.24) is 25.0 Å². The Bertz CT molecular complexity index is 719. The molecule has 6 nitrogen and oxygen atoms in total. The van der Waals surface area contributed by atoms with Gasteiger partial charge in [-0.05, 0) is 37.2 Å². The van der Waals surface area contributed by atoms with Crippen molar-refractivity contribution in [2.45, 2.75) is 51.1 Å². The van der Waals surface area contributed by atoms with E-state index in [0.29, 0.717) is 12.5 Å². The summed E-state index contributed by atoms with van der Waals surface area (Å²) >= 11 is 0. The predicted octanol–water partition coefficient (Wildman–Crippen LogP) is 2.70. The molecule has 0 spiro atoms. The van der Waals surface area contributed by atoms with Gasteiger partial charge in [-0.1, -0.05) is 30.3 Å². The van der Waals surface area contributed by atoms with Crippen LogP contribution in [0.1, 0.15) is 48.8 Å². The molecule has 4 rings (SSSR count). The van der Waals surface area contributed by atoms with E-state index in [0.717, 1.165) is 50.5 Å². The summed E-state index contributed by atoms with van der Waals surface area (Å²) in [6.07, 6.45) is 5.39. The van der Waals surface area contributed by atoms with E-state index in [4.69, 9.17) is 0 Å². The Morgan fingerprint density at radius 3 is 2.68 bits per heavy atom. The van der Waals surface area contributed by atoms with Crippen molar-refractivity contribution in [2.24, 2.45) is 0 Å². The fraction of sp³-hybridized carbons (Fsp3) is 0.526. The summed E-state index contributed by atoms with van der Waals surface area (Å²) in [5.74, 6) is 2.50. The first-order chi connectivity index (χ1) is 12.3. The minimum absolute atomic E-state index is 0.0136. The molecule has 0 atom stereocenters. The van der Waals surface area contributed by atoms with Crippen molar-refractivity contribution in [3.8, 4) is 0 Å². The van der Waals surface area contributed by atoms with Gasteiger partial charge in [-0.2, -0.15) is 0 Å². The smallest absolute Gasteiger partial charge is 0.317 e. The lowest BCUT2D eigenvalue weighted by molar-refractivity contribution is 0.180. The van der Waals surface area contributed by atoms with Gasteiger partial charge in [0.2, 0.25) is 0 Å². The number of fused-ring (bicyclic) bond motifs is 1. The molecule has 3 heterocycles. The average molecular weight is 339 g/mol. The topological polar surface area (TPSA) is 63.1 Å². The van der Waals surface area contributed by atoms with Gasteiger partial charge in [0, 0.05) is 26.1 Å². The zero-order valence-electron chi connectivity index (χ0n) is 14.5. The number of nitrogens with one attached hydrogen (secondary N) is 1. The summed E-state index contributed by atoms with van der Waals surface area (Å²) in [6.45, 7) is 3.05. The maximum Gasteiger partial charge on any atom is 0.317 e. The number of hydrogen-bond acceptors (Lipinski definition) is 3. The summed E-state index contributed by atoms with van der Waals surface area (Å²) in [4.78, 5) is 14.4. The molecular formula is C19H25N5O. The van der Waals surface area contributed by atoms with Crippen molar-refractivity contribution in [1.29, 1.82) is 0 Å². The number of hydrogen-bond donors (Lipinski definition) is 1. The van der Waals surface area contributed by atoms with E-state index in [1.165, 1.54) is 18.4 Å². The first kappa shape index (κ1) is 16.1. The van der Waals surface area contributed by atoms with Crippen LogP contribution < -0.4 is 5.32 Å². The van der Waals surface area contributed by atoms with E-state index in [1.807, 2.05) is 4.90 Å². The number of aromatic nitrogens is 3. The number of rotatable bonds is 3. The molecule has 1 aromatic heterocycles. The van der Waals surface area contributed by atoms with Crippen molar-refractivity contribution < 1.29 is 4.79 Å². The predicted molar refractivity (Wildman–Crippen MR) is 95.2 cm³/mol. The van der Waals surface area contributed by atoms with Crippen molar-refractivity contribution >= 4 is 6.03 Å². The Balaban J connectivity index is 1.29. The van der Waals surface area contributed by atoms with Crippen LogP contribution in [0.3, 0.4) is 0 Å². The summed E-state index contributed by atoms with van der Waals surface area (Å²) < 4.78 is 2.16. The molecule has 1 aromatic carbocycles. The fourth-order valence-corrected chi connectivity index (χ4v) is 3.91. The minimum Gasteiger partial charge on any atom is -0.331 e. The van der Waals surface area contributed by atoms with E-state index in [1.54, 1.807) is 0 Å². The maximum absolute atomic E-state index is 12.5. The summed E-state index contributed by atoms with van der Waals surface area (Å²) in [7, 11) is 0. The van der Waals surface area contributed by atoms with Crippen molar-refractivity contribution in [2.75, 3.05) is 13.1 Å². The molecule has 2 aliphatic rings. The molecule has 1 fully saturated rings. The Labute approximate surface area is 148 Å². The number of nitrogens with zero attached hydrogens (tertiary/aromatic N) is 4. The maximum atomic E-state index is 12.5. The lowest BCUT2D eigenvalue weighted by Gasteiger charge is -2.32. The SMILES string of the molecule is O=C(NCc1nnc2n1CCCC2)N1CCC(c2ccccc2)CC1. The number of carbonyl (C=O) groups excluding carboxylic acids is 1. The fourth-order valence-electron chi connectivity index (χ4n) is 3.91. The monoisotopic (exact) mass is 339 g/mol. The van der Waals surface area contributed by atoms with Gasteiger partial charge in [0.1, 0.15) is 5.82 Å². The molecule has 132 valence electrons. The van der Waals surface area contributed by atoms with Gasteiger partial charge < -0.3 is 14.8 Å². The normalized spacial score (nSPS) is 18.0. The number of benzene rings is 1. The highest BCUT2D eigenvalue weighted by Gasteiger charge is 2.24. The Kier molecular flexibility index (Phi) is 4.68. The third kappa shape index (κ3) is 3.52. The van der Waals surface area contributed by atoms with Gasteiger partial charge in [0.05, 0.1) is 6.54 Å². The highest BCUT2D eigenvalue weighted by molar-refractivity contribution is 5.74. The molecule has 2 amide bonds.